The highest BCUT2D eigenvalue weighted by Gasteiger charge is 2.30. The number of nitrogens with one attached hydrogen (secondary N) is 2. The maximum atomic E-state index is 12.9. The Kier molecular flexibility index (Phi) is 5.24. The molecule has 4 heterocycles. The number of amides is 1. The molecule has 5 rings (SSSR count). The van der Waals surface area contributed by atoms with Gasteiger partial charge in [-0.25, -0.2) is 15.0 Å². The van der Waals surface area contributed by atoms with Gasteiger partial charge in [0.25, 0.3) is 5.91 Å². The quantitative estimate of drug-likeness (QED) is 0.402. The number of carbonyl (C=O) groups is 1. The number of aromatic nitrogens is 6. The molecule has 0 aliphatic carbocycles. The summed E-state index contributed by atoms with van der Waals surface area (Å²) in [5.41, 5.74) is 1.53. The summed E-state index contributed by atoms with van der Waals surface area (Å²) in [4.78, 5) is 31.7. The fourth-order valence-corrected chi connectivity index (χ4v) is 3.23. The summed E-state index contributed by atoms with van der Waals surface area (Å²) in [6.45, 7) is 0.0104. The first-order valence-electron chi connectivity index (χ1n) is 9.90. The molecule has 0 aliphatic heterocycles. The summed E-state index contributed by atoms with van der Waals surface area (Å²) in [6, 6.07) is 9.87. The van der Waals surface area contributed by atoms with Crippen LogP contribution < -0.4 is 5.32 Å². The van der Waals surface area contributed by atoms with E-state index < -0.39 is 17.6 Å². The van der Waals surface area contributed by atoms with Crippen LogP contribution in [0, 0.1) is 0 Å². The minimum Gasteiger partial charge on any atom is -0.359 e. The van der Waals surface area contributed by atoms with Gasteiger partial charge in [0.05, 0.1) is 28.8 Å². The van der Waals surface area contributed by atoms with Crippen molar-refractivity contribution in [2.45, 2.75) is 12.7 Å². The highest BCUT2D eigenvalue weighted by atomic mass is 19.4. The van der Waals surface area contributed by atoms with Gasteiger partial charge < -0.3 is 14.8 Å². The number of imidazole rings is 1. The number of rotatable bonds is 5. The van der Waals surface area contributed by atoms with Crippen LogP contribution in [0.25, 0.3) is 33.8 Å². The third-order valence-corrected chi connectivity index (χ3v) is 4.89. The van der Waals surface area contributed by atoms with E-state index >= 15 is 0 Å². The van der Waals surface area contributed by atoms with Crippen molar-refractivity contribution in [3.63, 3.8) is 0 Å². The first-order chi connectivity index (χ1) is 16.4. The third-order valence-electron chi connectivity index (χ3n) is 4.89. The maximum absolute atomic E-state index is 12.9. The number of benzene rings is 1. The van der Waals surface area contributed by atoms with Crippen molar-refractivity contribution < 1.29 is 22.5 Å². The fraction of sp³-hybridized carbons (Fsp3) is 0.0909. The molecule has 34 heavy (non-hydrogen) atoms. The lowest BCUT2D eigenvalue weighted by atomic mass is 10.2. The Morgan fingerprint density at radius 2 is 1.97 bits per heavy atom. The van der Waals surface area contributed by atoms with E-state index in [4.69, 9.17) is 4.52 Å². The number of aromatic amines is 1. The molecule has 0 atom stereocenters. The van der Waals surface area contributed by atoms with E-state index in [1.54, 1.807) is 24.5 Å². The molecule has 12 heteroatoms. The van der Waals surface area contributed by atoms with Crippen molar-refractivity contribution in [3.8, 4) is 22.8 Å². The highest BCUT2D eigenvalue weighted by molar-refractivity contribution is 5.93. The van der Waals surface area contributed by atoms with E-state index in [0.29, 0.717) is 17.0 Å². The van der Waals surface area contributed by atoms with E-state index in [-0.39, 0.29) is 29.3 Å². The lowest BCUT2D eigenvalue weighted by Crippen LogP contribution is -2.23. The molecule has 0 bridgehead atoms. The summed E-state index contributed by atoms with van der Waals surface area (Å²) in [5.74, 6) is 0.114. The van der Waals surface area contributed by atoms with Crippen molar-refractivity contribution in [2.75, 3.05) is 0 Å². The van der Waals surface area contributed by atoms with Gasteiger partial charge in [0.15, 0.2) is 11.6 Å². The molecule has 9 nitrogen and oxygen atoms in total. The zero-order valence-corrected chi connectivity index (χ0v) is 17.2. The molecule has 0 saturated heterocycles. The monoisotopic (exact) mass is 465 g/mol. The van der Waals surface area contributed by atoms with Crippen LogP contribution in [0.1, 0.15) is 21.8 Å². The van der Waals surface area contributed by atoms with Gasteiger partial charge in [-0.3, -0.25) is 9.78 Å². The van der Waals surface area contributed by atoms with Gasteiger partial charge >= 0.3 is 6.18 Å². The number of pyridine rings is 1. The Labute approximate surface area is 189 Å². The minimum atomic E-state index is -4.46. The van der Waals surface area contributed by atoms with E-state index in [0.717, 1.165) is 17.7 Å². The lowest BCUT2D eigenvalue weighted by molar-refractivity contribution is -0.137. The van der Waals surface area contributed by atoms with E-state index in [9.17, 15) is 18.0 Å². The molecule has 1 amide bonds. The Morgan fingerprint density at radius 1 is 1.09 bits per heavy atom. The number of nitrogens with zero attached hydrogens (tertiary/aromatic N) is 5. The number of carbonyl (C=O) groups excluding carboxylic acids is 1. The first kappa shape index (κ1) is 21.2. The van der Waals surface area contributed by atoms with Crippen LogP contribution in [0.5, 0.6) is 0 Å². The molecular weight excluding hydrogens is 451 g/mol. The fourth-order valence-electron chi connectivity index (χ4n) is 3.23. The van der Waals surface area contributed by atoms with Gasteiger partial charge in [0, 0.05) is 24.0 Å². The number of halogens is 3. The third kappa shape index (κ3) is 4.33. The average Bonchev–Trinajstić information content (AvgIpc) is 3.49. The van der Waals surface area contributed by atoms with Crippen molar-refractivity contribution in [1.82, 2.24) is 35.4 Å². The summed E-state index contributed by atoms with van der Waals surface area (Å²) in [7, 11) is 0. The van der Waals surface area contributed by atoms with Crippen LogP contribution in [0.3, 0.4) is 0 Å². The molecule has 0 saturated carbocycles. The zero-order chi connectivity index (χ0) is 23.7. The molecule has 0 spiro atoms. The smallest absolute Gasteiger partial charge is 0.359 e. The van der Waals surface area contributed by atoms with Crippen molar-refractivity contribution in [2.24, 2.45) is 0 Å². The predicted molar refractivity (Wildman–Crippen MR) is 113 cm³/mol. The van der Waals surface area contributed by atoms with Crippen molar-refractivity contribution >= 4 is 16.9 Å². The molecule has 1 aromatic carbocycles. The van der Waals surface area contributed by atoms with Gasteiger partial charge in [0.2, 0.25) is 0 Å². The van der Waals surface area contributed by atoms with Crippen LogP contribution >= 0.6 is 0 Å². The zero-order valence-electron chi connectivity index (χ0n) is 17.2. The predicted octanol–water partition coefficient (Wildman–Crippen LogP) is 4.02. The molecular formula is C22H14F3N7O2. The van der Waals surface area contributed by atoms with Gasteiger partial charge in [0.1, 0.15) is 17.7 Å². The van der Waals surface area contributed by atoms with E-state index in [2.05, 4.69) is 35.4 Å². The lowest BCUT2D eigenvalue weighted by Gasteiger charge is -2.05. The second-order valence-electron chi connectivity index (χ2n) is 7.21. The number of hydrogen-bond acceptors (Lipinski definition) is 7. The number of hydrogen-bond donors (Lipinski definition) is 2. The summed E-state index contributed by atoms with van der Waals surface area (Å²) in [5, 5.41) is 6.56. The molecule has 2 N–H and O–H groups in total. The Morgan fingerprint density at radius 3 is 2.76 bits per heavy atom. The van der Waals surface area contributed by atoms with Crippen molar-refractivity contribution in [3.05, 3.63) is 78.2 Å². The molecule has 0 aliphatic rings. The average molecular weight is 465 g/mol. The SMILES string of the molecule is O=C(NCc1cc(-c2nc3ccc(C(F)(F)F)cc3[nH]2)no1)c1cc(-c2cccnc2)ncn1. The first-order valence-corrected chi connectivity index (χ1v) is 9.90. The normalized spacial score (nSPS) is 11.6. The van der Waals surface area contributed by atoms with Crippen LogP contribution in [-0.4, -0.2) is 36.0 Å². The van der Waals surface area contributed by atoms with Gasteiger partial charge in [-0.05, 0) is 36.4 Å². The Hall–Kier alpha value is -4.61. The molecule has 5 aromatic rings. The minimum absolute atomic E-state index is 0.0104. The molecule has 4 aromatic heterocycles. The van der Waals surface area contributed by atoms with Crippen LogP contribution in [0.4, 0.5) is 13.2 Å². The topological polar surface area (TPSA) is 122 Å². The van der Waals surface area contributed by atoms with Gasteiger partial charge in [-0.2, -0.15) is 13.2 Å². The Bertz CT molecular complexity index is 1480. The number of alkyl halides is 3. The maximum Gasteiger partial charge on any atom is 0.416 e. The van der Waals surface area contributed by atoms with Gasteiger partial charge in [-0.1, -0.05) is 5.16 Å². The second kappa shape index (κ2) is 8.39. The van der Waals surface area contributed by atoms with E-state index in [1.165, 1.54) is 18.5 Å². The summed E-state index contributed by atoms with van der Waals surface area (Å²) in [6.07, 6.45) is 0.0911. The molecule has 0 radical (unpaired) electrons. The van der Waals surface area contributed by atoms with Crippen LogP contribution in [-0.2, 0) is 12.7 Å². The Balaban J connectivity index is 1.28. The van der Waals surface area contributed by atoms with Gasteiger partial charge in [-0.15, -0.1) is 0 Å². The largest absolute Gasteiger partial charge is 0.416 e. The van der Waals surface area contributed by atoms with Crippen LogP contribution in [0.2, 0.25) is 0 Å². The standard InChI is InChI=1S/C22H14F3N7O2/c23-22(24,25)13-3-4-15-17(6-13)31-20(30-15)18-7-14(34-32-18)10-27-21(33)19-8-16(28-11-29-19)12-2-1-5-26-9-12/h1-9,11H,10H2,(H,27,33)(H,30,31). The molecule has 170 valence electrons. The van der Waals surface area contributed by atoms with E-state index in [1.807, 2.05) is 6.07 Å². The summed E-state index contributed by atoms with van der Waals surface area (Å²) >= 11 is 0. The number of fused-ring (bicyclic) bond motifs is 1. The van der Waals surface area contributed by atoms with Crippen LogP contribution in [0.15, 0.2) is 65.7 Å². The summed E-state index contributed by atoms with van der Waals surface area (Å²) < 4.78 is 44.0. The highest BCUT2D eigenvalue weighted by Crippen LogP contribution is 2.31. The second-order valence-corrected chi connectivity index (χ2v) is 7.21. The number of H-pyrrole nitrogens is 1. The molecule has 0 unspecified atom stereocenters. The molecule has 0 fully saturated rings. The van der Waals surface area contributed by atoms with Crippen molar-refractivity contribution in [1.29, 1.82) is 0 Å².